The third kappa shape index (κ3) is 3.37. The maximum Gasteiger partial charge on any atom is 0.337 e. The zero-order valence-corrected chi connectivity index (χ0v) is 15.3. The summed E-state index contributed by atoms with van der Waals surface area (Å²) < 4.78 is 6.04. The SMILES string of the molecule is COC(=O)c1cccc(Cn2nnc3sc(-c4ccccc4)cc3c2=O)c1. The minimum Gasteiger partial charge on any atom is -0.465 e. The number of carbonyl (C=O) groups is 1. The Hall–Kier alpha value is -3.32. The molecule has 6 nitrogen and oxygen atoms in total. The second-order valence-corrected chi connectivity index (χ2v) is 6.97. The topological polar surface area (TPSA) is 74.1 Å². The van der Waals surface area contributed by atoms with Crippen LogP contribution in [0.1, 0.15) is 15.9 Å². The van der Waals surface area contributed by atoms with Gasteiger partial charge in [0.05, 0.1) is 24.6 Å². The van der Waals surface area contributed by atoms with E-state index in [1.165, 1.54) is 23.1 Å². The molecule has 2 heterocycles. The summed E-state index contributed by atoms with van der Waals surface area (Å²) in [4.78, 5) is 26.1. The Morgan fingerprint density at radius 2 is 1.93 bits per heavy atom. The van der Waals surface area contributed by atoms with E-state index >= 15 is 0 Å². The minimum absolute atomic E-state index is 0.207. The number of aromatic nitrogens is 3. The maximum atomic E-state index is 12.8. The zero-order chi connectivity index (χ0) is 18.8. The molecule has 0 atom stereocenters. The lowest BCUT2D eigenvalue weighted by Crippen LogP contribution is -2.24. The average Bonchev–Trinajstić information content (AvgIpc) is 3.16. The van der Waals surface area contributed by atoms with Gasteiger partial charge in [0.1, 0.15) is 0 Å². The van der Waals surface area contributed by atoms with Crippen molar-refractivity contribution >= 4 is 27.5 Å². The first-order valence-corrected chi connectivity index (χ1v) is 9.07. The van der Waals surface area contributed by atoms with E-state index in [2.05, 4.69) is 10.3 Å². The molecule has 4 aromatic rings. The average molecular weight is 377 g/mol. The second-order valence-electron chi connectivity index (χ2n) is 5.94. The van der Waals surface area contributed by atoms with Crippen LogP contribution in [0, 0.1) is 0 Å². The number of ether oxygens (including phenoxy) is 1. The van der Waals surface area contributed by atoms with Crippen LogP contribution in [0.15, 0.2) is 65.5 Å². The van der Waals surface area contributed by atoms with Crippen LogP contribution >= 0.6 is 11.3 Å². The van der Waals surface area contributed by atoms with Gasteiger partial charge in [-0.15, -0.1) is 16.4 Å². The maximum absolute atomic E-state index is 12.8. The van der Waals surface area contributed by atoms with Crippen LogP contribution in [0.5, 0.6) is 0 Å². The molecule has 0 radical (unpaired) electrons. The molecule has 0 unspecified atom stereocenters. The quantitative estimate of drug-likeness (QED) is 0.510. The standard InChI is InChI=1S/C20H15N3O3S/c1-26-20(25)15-9-5-6-13(10-15)12-23-19(24)16-11-17(27-18(16)21-22-23)14-7-3-2-4-8-14/h2-11H,12H2,1H3. The van der Waals surface area contributed by atoms with E-state index in [0.29, 0.717) is 15.8 Å². The molecule has 0 aliphatic rings. The van der Waals surface area contributed by atoms with Gasteiger partial charge in [0.15, 0.2) is 4.83 Å². The molecule has 0 spiro atoms. The van der Waals surface area contributed by atoms with Gasteiger partial charge < -0.3 is 4.74 Å². The molecule has 134 valence electrons. The Morgan fingerprint density at radius 3 is 2.70 bits per heavy atom. The number of hydrogen-bond donors (Lipinski definition) is 0. The van der Waals surface area contributed by atoms with Gasteiger partial charge in [-0.1, -0.05) is 47.7 Å². The van der Waals surface area contributed by atoms with Crippen LogP contribution in [-0.4, -0.2) is 28.1 Å². The smallest absolute Gasteiger partial charge is 0.337 e. The Bertz CT molecular complexity index is 1180. The minimum atomic E-state index is -0.420. The molecule has 4 rings (SSSR count). The molecule has 0 N–H and O–H groups in total. The number of methoxy groups -OCH3 is 1. The molecule has 7 heteroatoms. The van der Waals surface area contributed by atoms with Crippen molar-refractivity contribution in [2.75, 3.05) is 7.11 Å². The first kappa shape index (κ1) is 17.1. The molecule has 0 bridgehead atoms. The van der Waals surface area contributed by atoms with Gasteiger partial charge in [-0.3, -0.25) is 4.79 Å². The number of benzene rings is 2. The predicted molar refractivity (Wildman–Crippen MR) is 104 cm³/mol. The normalized spacial score (nSPS) is 10.9. The van der Waals surface area contributed by atoms with Crippen LogP contribution in [-0.2, 0) is 11.3 Å². The highest BCUT2D eigenvalue weighted by Crippen LogP contribution is 2.30. The lowest BCUT2D eigenvalue weighted by Gasteiger charge is -2.05. The number of rotatable bonds is 4. The summed E-state index contributed by atoms with van der Waals surface area (Å²) in [6.07, 6.45) is 0. The van der Waals surface area contributed by atoms with E-state index in [4.69, 9.17) is 4.74 Å². The first-order valence-electron chi connectivity index (χ1n) is 8.26. The zero-order valence-electron chi connectivity index (χ0n) is 14.5. The Morgan fingerprint density at radius 1 is 1.11 bits per heavy atom. The summed E-state index contributed by atoms with van der Waals surface area (Å²) in [5.41, 5.74) is 2.03. The summed E-state index contributed by atoms with van der Waals surface area (Å²) in [7, 11) is 1.33. The number of fused-ring (bicyclic) bond motifs is 1. The fraction of sp³-hybridized carbons (Fsp3) is 0.100. The van der Waals surface area contributed by atoms with E-state index in [1.807, 2.05) is 42.5 Å². The fourth-order valence-corrected chi connectivity index (χ4v) is 3.79. The van der Waals surface area contributed by atoms with Crippen molar-refractivity contribution in [2.45, 2.75) is 6.54 Å². The van der Waals surface area contributed by atoms with Gasteiger partial charge >= 0.3 is 5.97 Å². The summed E-state index contributed by atoms with van der Waals surface area (Å²) in [5.74, 6) is -0.420. The van der Waals surface area contributed by atoms with E-state index in [1.54, 1.807) is 18.2 Å². The lowest BCUT2D eigenvalue weighted by molar-refractivity contribution is 0.0600. The van der Waals surface area contributed by atoms with Gasteiger partial charge in [-0.25, -0.2) is 9.48 Å². The van der Waals surface area contributed by atoms with E-state index in [9.17, 15) is 9.59 Å². The van der Waals surface area contributed by atoms with Gasteiger partial charge in [-0.05, 0) is 29.3 Å². The van der Waals surface area contributed by atoms with Gasteiger partial charge in [-0.2, -0.15) is 0 Å². The third-order valence-electron chi connectivity index (χ3n) is 4.16. The van der Waals surface area contributed by atoms with Crippen molar-refractivity contribution < 1.29 is 9.53 Å². The predicted octanol–water partition coefficient (Wildman–Crippen LogP) is 3.35. The highest BCUT2D eigenvalue weighted by molar-refractivity contribution is 7.21. The van der Waals surface area contributed by atoms with Crippen LogP contribution < -0.4 is 5.56 Å². The number of nitrogens with zero attached hydrogens (tertiary/aromatic N) is 3. The molecule has 27 heavy (non-hydrogen) atoms. The summed E-state index contributed by atoms with van der Waals surface area (Å²) >= 11 is 1.44. The summed E-state index contributed by atoms with van der Waals surface area (Å²) in [6, 6.07) is 18.6. The molecule has 0 fully saturated rings. The second kappa shape index (κ2) is 7.13. The van der Waals surface area contributed by atoms with Crippen LogP contribution in [0.2, 0.25) is 0 Å². The number of hydrogen-bond acceptors (Lipinski definition) is 6. The molecule has 0 saturated carbocycles. The first-order chi connectivity index (χ1) is 13.2. The molecular weight excluding hydrogens is 362 g/mol. The molecule has 0 saturated heterocycles. The highest BCUT2D eigenvalue weighted by atomic mass is 32.1. The van der Waals surface area contributed by atoms with Gasteiger partial charge in [0.25, 0.3) is 5.56 Å². The lowest BCUT2D eigenvalue weighted by atomic mass is 10.1. The van der Waals surface area contributed by atoms with E-state index in [0.717, 1.165) is 16.0 Å². The Kier molecular flexibility index (Phi) is 4.52. The Balaban J connectivity index is 1.70. The molecule has 2 aromatic carbocycles. The van der Waals surface area contributed by atoms with Crippen molar-refractivity contribution in [1.29, 1.82) is 0 Å². The van der Waals surface area contributed by atoms with Crippen molar-refractivity contribution in [3.05, 3.63) is 82.1 Å². The van der Waals surface area contributed by atoms with Crippen molar-refractivity contribution in [3.8, 4) is 10.4 Å². The number of carbonyl (C=O) groups excluding carboxylic acids is 1. The van der Waals surface area contributed by atoms with Crippen molar-refractivity contribution in [3.63, 3.8) is 0 Å². The van der Waals surface area contributed by atoms with Gasteiger partial charge in [0.2, 0.25) is 0 Å². The molecule has 0 aliphatic heterocycles. The summed E-state index contributed by atoms with van der Waals surface area (Å²) in [5, 5.41) is 8.79. The van der Waals surface area contributed by atoms with Crippen LogP contribution in [0.4, 0.5) is 0 Å². The van der Waals surface area contributed by atoms with Crippen molar-refractivity contribution in [2.24, 2.45) is 0 Å². The molecular formula is C20H15N3O3S. The third-order valence-corrected chi connectivity index (χ3v) is 5.23. The van der Waals surface area contributed by atoms with E-state index < -0.39 is 5.97 Å². The molecule has 2 aromatic heterocycles. The number of thiophene rings is 1. The Labute approximate surface area is 158 Å². The largest absolute Gasteiger partial charge is 0.465 e. The number of esters is 1. The molecule has 0 amide bonds. The van der Waals surface area contributed by atoms with Crippen LogP contribution in [0.25, 0.3) is 20.7 Å². The van der Waals surface area contributed by atoms with E-state index in [-0.39, 0.29) is 12.1 Å². The highest BCUT2D eigenvalue weighted by Gasteiger charge is 2.12. The van der Waals surface area contributed by atoms with Gasteiger partial charge in [0, 0.05) is 4.88 Å². The fourth-order valence-electron chi connectivity index (χ4n) is 2.82. The monoisotopic (exact) mass is 377 g/mol. The van der Waals surface area contributed by atoms with Crippen LogP contribution in [0.3, 0.4) is 0 Å². The molecule has 0 aliphatic carbocycles. The summed E-state index contributed by atoms with van der Waals surface area (Å²) in [6.45, 7) is 0.225. The van der Waals surface area contributed by atoms with Crippen molar-refractivity contribution in [1.82, 2.24) is 15.0 Å².